The van der Waals surface area contributed by atoms with E-state index in [-0.39, 0.29) is 0 Å². The fourth-order valence-electron chi connectivity index (χ4n) is 2.17. The first kappa shape index (κ1) is 13.5. The van der Waals surface area contributed by atoms with Crippen LogP contribution in [0.2, 0.25) is 0 Å². The van der Waals surface area contributed by atoms with Gasteiger partial charge in [0.25, 0.3) is 0 Å². The van der Waals surface area contributed by atoms with Gasteiger partial charge in [0, 0.05) is 24.9 Å². The predicted molar refractivity (Wildman–Crippen MR) is 79.2 cm³/mol. The summed E-state index contributed by atoms with van der Waals surface area (Å²) in [6.45, 7) is 3.11. The van der Waals surface area contributed by atoms with Crippen LogP contribution in [0, 0.1) is 0 Å². The average molecular weight is 255 g/mol. The molecule has 1 heterocycles. The Morgan fingerprint density at radius 1 is 1.05 bits per heavy atom. The lowest BCUT2D eigenvalue weighted by Gasteiger charge is -2.17. The highest BCUT2D eigenvalue weighted by Crippen LogP contribution is 2.22. The van der Waals surface area contributed by atoms with E-state index in [2.05, 4.69) is 52.5 Å². The first-order chi connectivity index (χ1) is 9.40. The van der Waals surface area contributed by atoms with Crippen molar-refractivity contribution in [1.29, 1.82) is 0 Å². The van der Waals surface area contributed by atoms with Gasteiger partial charge in [-0.15, -0.1) is 0 Å². The first-order valence-electron chi connectivity index (χ1n) is 6.96. The summed E-state index contributed by atoms with van der Waals surface area (Å²) < 4.78 is 0. The second-order valence-electron chi connectivity index (χ2n) is 4.70. The van der Waals surface area contributed by atoms with Crippen molar-refractivity contribution in [3.05, 3.63) is 54.4 Å². The zero-order valence-corrected chi connectivity index (χ0v) is 11.4. The summed E-state index contributed by atoms with van der Waals surface area (Å²) in [7, 11) is 0. The van der Waals surface area contributed by atoms with E-state index in [1.165, 1.54) is 24.8 Å². The zero-order chi connectivity index (χ0) is 13.3. The number of nitrogens with zero attached hydrogens (tertiary/aromatic N) is 2. The van der Waals surface area contributed by atoms with Gasteiger partial charge in [0.2, 0.25) is 5.95 Å². The number of anilines is 1. The molecule has 1 N–H and O–H groups in total. The molecule has 3 heteroatoms. The summed E-state index contributed by atoms with van der Waals surface area (Å²) in [6.07, 6.45) is 7.19. The van der Waals surface area contributed by atoms with Crippen LogP contribution < -0.4 is 5.32 Å². The summed E-state index contributed by atoms with van der Waals surface area (Å²) in [5, 5.41) is 3.33. The molecule has 0 fully saturated rings. The molecule has 0 radical (unpaired) electrons. The topological polar surface area (TPSA) is 37.8 Å². The molecular weight excluding hydrogens is 234 g/mol. The van der Waals surface area contributed by atoms with Crippen molar-refractivity contribution in [2.24, 2.45) is 0 Å². The van der Waals surface area contributed by atoms with Gasteiger partial charge in [0.15, 0.2) is 0 Å². The minimum absolute atomic E-state index is 0.518. The van der Waals surface area contributed by atoms with Crippen molar-refractivity contribution in [2.45, 2.75) is 32.1 Å². The maximum atomic E-state index is 4.20. The van der Waals surface area contributed by atoms with Gasteiger partial charge in [-0.3, -0.25) is 0 Å². The molecule has 0 aliphatic rings. The normalized spacial score (nSPS) is 12.1. The Balaban J connectivity index is 1.98. The number of nitrogens with one attached hydrogen (secondary N) is 1. The van der Waals surface area contributed by atoms with E-state index in [1.807, 2.05) is 6.07 Å². The summed E-state index contributed by atoms with van der Waals surface area (Å²) >= 11 is 0. The molecule has 1 unspecified atom stereocenters. The standard InChI is InChI=1S/C16H21N3/c1-2-3-8-15(14-9-5-4-6-10-14)13-19-16-17-11-7-12-18-16/h4-7,9-12,15H,2-3,8,13H2,1H3,(H,17,18,19). The largest absolute Gasteiger partial charge is 0.354 e. The molecule has 19 heavy (non-hydrogen) atoms. The third kappa shape index (κ3) is 4.36. The molecule has 100 valence electrons. The SMILES string of the molecule is CCCCC(CNc1ncccn1)c1ccccc1. The van der Waals surface area contributed by atoms with Gasteiger partial charge >= 0.3 is 0 Å². The van der Waals surface area contributed by atoms with Gasteiger partial charge in [0.1, 0.15) is 0 Å². The highest BCUT2D eigenvalue weighted by molar-refractivity contribution is 5.26. The van der Waals surface area contributed by atoms with Crippen LogP contribution in [0.3, 0.4) is 0 Å². The highest BCUT2D eigenvalue weighted by atomic mass is 15.1. The van der Waals surface area contributed by atoms with Gasteiger partial charge in [-0.2, -0.15) is 0 Å². The van der Waals surface area contributed by atoms with Crippen molar-refractivity contribution >= 4 is 5.95 Å². The van der Waals surface area contributed by atoms with E-state index in [9.17, 15) is 0 Å². The molecule has 0 amide bonds. The van der Waals surface area contributed by atoms with Gasteiger partial charge in [-0.05, 0) is 18.1 Å². The van der Waals surface area contributed by atoms with Crippen LogP contribution in [-0.4, -0.2) is 16.5 Å². The molecule has 0 saturated heterocycles. The van der Waals surface area contributed by atoms with E-state index in [1.54, 1.807) is 12.4 Å². The smallest absolute Gasteiger partial charge is 0.222 e. The number of unbranched alkanes of at least 4 members (excludes halogenated alkanes) is 1. The molecule has 1 atom stereocenters. The minimum atomic E-state index is 0.518. The second kappa shape index (κ2) is 7.52. The summed E-state index contributed by atoms with van der Waals surface area (Å²) in [5.74, 6) is 1.23. The number of hydrogen-bond donors (Lipinski definition) is 1. The predicted octanol–water partition coefficient (Wildman–Crippen LogP) is 3.86. The maximum absolute atomic E-state index is 4.20. The van der Waals surface area contributed by atoms with Crippen LogP contribution in [0.1, 0.15) is 37.7 Å². The van der Waals surface area contributed by atoms with E-state index < -0.39 is 0 Å². The van der Waals surface area contributed by atoms with Crippen LogP contribution in [0.25, 0.3) is 0 Å². The monoisotopic (exact) mass is 255 g/mol. The lowest BCUT2D eigenvalue weighted by molar-refractivity contribution is 0.602. The number of benzene rings is 1. The molecule has 0 saturated carbocycles. The Bertz CT molecular complexity index is 456. The Morgan fingerprint density at radius 3 is 2.47 bits per heavy atom. The molecule has 1 aromatic heterocycles. The van der Waals surface area contributed by atoms with Crippen LogP contribution >= 0.6 is 0 Å². The average Bonchev–Trinajstić information content (AvgIpc) is 2.49. The molecule has 1 aromatic carbocycles. The van der Waals surface area contributed by atoms with Crippen molar-refractivity contribution in [3.63, 3.8) is 0 Å². The van der Waals surface area contributed by atoms with Crippen LogP contribution in [0.15, 0.2) is 48.8 Å². The number of rotatable bonds is 7. The summed E-state index contributed by atoms with van der Waals surface area (Å²) in [5.41, 5.74) is 1.39. The highest BCUT2D eigenvalue weighted by Gasteiger charge is 2.11. The molecule has 2 aromatic rings. The quantitative estimate of drug-likeness (QED) is 0.816. The van der Waals surface area contributed by atoms with E-state index in [0.29, 0.717) is 11.9 Å². The summed E-state index contributed by atoms with van der Waals surface area (Å²) in [6, 6.07) is 12.5. The van der Waals surface area contributed by atoms with Gasteiger partial charge < -0.3 is 5.32 Å². The molecule has 0 aliphatic heterocycles. The van der Waals surface area contributed by atoms with Crippen molar-refractivity contribution < 1.29 is 0 Å². The Morgan fingerprint density at radius 2 is 1.79 bits per heavy atom. The minimum Gasteiger partial charge on any atom is -0.354 e. The zero-order valence-electron chi connectivity index (χ0n) is 11.4. The Labute approximate surface area is 115 Å². The fourth-order valence-corrected chi connectivity index (χ4v) is 2.17. The van der Waals surface area contributed by atoms with E-state index >= 15 is 0 Å². The molecule has 0 aliphatic carbocycles. The third-order valence-corrected chi connectivity index (χ3v) is 3.25. The van der Waals surface area contributed by atoms with Crippen LogP contribution in [0.4, 0.5) is 5.95 Å². The molecule has 0 spiro atoms. The van der Waals surface area contributed by atoms with Gasteiger partial charge in [0.05, 0.1) is 0 Å². The number of aromatic nitrogens is 2. The molecular formula is C16H21N3. The summed E-state index contributed by atoms with van der Waals surface area (Å²) in [4.78, 5) is 8.40. The fraction of sp³-hybridized carbons (Fsp3) is 0.375. The first-order valence-corrected chi connectivity index (χ1v) is 6.96. The van der Waals surface area contributed by atoms with Crippen LogP contribution in [-0.2, 0) is 0 Å². The second-order valence-corrected chi connectivity index (χ2v) is 4.70. The lowest BCUT2D eigenvalue weighted by atomic mass is 9.93. The Hall–Kier alpha value is -1.90. The third-order valence-electron chi connectivity index (χ3n) is 3.25. The van der Waals surface area contributed by atoms with Crippen molar-refractivity contribution in [2.75, 3.05) is 11.9 Å². The van der Waals surface area contributed by atoms with Crippen molar-refractivity contribution in [3.8, 4) is 0 Å². The molecule has 3 nitrogen and oxygen atoms in total. The Kier molecular flexibility index (Phi) is 5.35. The number of hydrogen-bond acceptors (Lipinski definition) is 3. The van der Waals surface area contributed by atoms with E-state index in [0.717, 1.165) is 6.54 Å². The van der Waals surface area contributed by atoms with Gasteiger partial charge in [-0.25, -0.2) is 9.97 Å². The maximum Gasteiger partial charge on any atom is 0.222 e. The van der Waals surface area contributed by atoms with Crippen LogP contribution in [0.5, 0.6) is 0 Å². The van der Waals surface area contributed by atoms with Gasteiger partial charge in [-0.1, -0.05) is 50.1 Å². The van der Waals surface area contributed by atoms with E-state index in [4.69, 9.17) is 0 Å². The van der Waals surface area contributed by atoms with Crippen molar-refractivity contribution in [1.82, 2.24) is 9.97 Å². The lowest BCUT2D eigenvalue weighted by Crippen LogP contribution is -2.14. The molecule has 2 rings (SSSR count). The molecule has 0 bridgehead atoms.